The lowest BCUT2D eigenvalue weighted by molar-refractivity contribution is 0.0948. The summed E-state index contributed by atoms with van der Waals surface area (Å²) in [6, 6.07) is 5.05. The first-order valence-corrected chi connectivity index (χ1v) is 5.35. The van der Waals surface area contributed by atoms with Gasteiger partial charge in [-0.3, -0.25) is 4.79 Å². The van der Waals surface area contributed by atoms with E-state index in [2.05, 4.69) is 10.5 Å². The van der Waals surface area contributed by atoms with Gasteiger partial charge in [0.15, 0.2) is 17.3 Å². The first-order valence-electron chi connectivity index (χ1n) is 5.35. The molecule has 0 saturated heterocycles. The molecule has 18 heavy (non-hydrogen) atoms. The first kappa shape index (κ1) is 12.0. The SMILES string of the molecule is N/C(CNC(=O)c1cccc2c1OCCO2)=N\O. The zero-order valence-electron chi connectivity index (χ0n) is 9.55. The van der Waals surface area contributed by atoms with Crippen LogP contribution in [0.5, 0.6) is 11.5 Å². The molecule has 0 spiro atoms. The third kappa shape index (κ3) is 2.45. The predicted molar refractivity (Wildman–Crippen MR) is 63.2 cm³/mol. The summed E-state index contributed by atoms with van der Waals surface area (Å²) in [7, 11) is 0. The van der Waals surface area contributed by atoms with Crippen molar-refractivity contribution < 1.29 is 19.5 Å². The number of nitrogens with two attached hydrogens (primary N) is 1. The summed E-state index contributed by atoms with van der Waals surface area (Å²) >= 11 is 0. The lowest BCUT2D eigenvalue weighted by Crippen LogP contribution is -2.34. The van der Waals surface area contributed by atoms with Crippen LogP contribution in [0.15, 0.2) is 23.4 Å². The molecule has 1 aromatic carbocycles. The van der Waals surface area contributed by atoms with Gasteiger partial charge in [-0.25, -0.2) is 0 Å². The van der Waals surface area contributed by atoms with Crippen molar-refractivity contribution in [1.82, 2.24) is 5.32 Å². The number of amides is 1. The van der Waals surface area contributed by atoms with Crippen LogP contribution in [0.2, 0.25) is 0 Å². The fourth-order valence-electron chi connectivity index (χ4n) is 1.55. The summed E-state index contributed by atoms with van der Waals surface area (Å²) < 4.78 is 10.8. The van der Waals surface area contributed by atoms with E-state index < -0.39 is 0 Å². The molecule has 0 atom stereocenters. The van der Waals surface area contributed by atoms with Crippen LogP contribution >= 0.6 is 0 Å². The number of ether oxygens (including phenoxy) is 2. The van der Waals surface area contributed by atoms with Gasteiger partial charge in [-0.05, 0) is 12.1 Å². The van der Waals surface area contributed by atoms with Crippen LogP contribution in [-0.4, -0.2) is 36.7 Å². The molecule has 96 valence electrons. The average Bonchev–Trinajstić information content (AvgIpc) is 2.43. The van der Waals surface area contributed by atoms with Crippen LogP contribution in [0.25, 0.3) is 0 Å². The quantitative estimate of drug-likeness (QED) is 0.302. The van der Waals surface area contributed by atoms with Crippen LogP contribution < -0.4 is 20.5 Å². The summed E-state index contributed by atoms with van der Waals surface area (Å²) in [5.74, 6) is 0.507. The minimum Gasteiger partial charge on any atom is -0.486 e. The van der Waals surface area contributed by atoms with E-state index in [1.54, 1.807) is 18.2 Å². The number of benzene rings is 1. The average molecular weight is 251 g/mol. The highest BCUT2D eigenvalue weighted by Crippen LogP contribution is 2.33. The number of oxime groups is 1. The predicted octanol–water partition coefficient (Wildman–Crippen LogP) is -0.0660. The summed E-state index contributed by atoms with van der Waals surface area (Å²) in [5, 5.41) is 13.7. The van der Waals surface area contributed by atoms with Crippen molar-refractivity contribution in [1.29, 1.82) is 0 Å². The second-order valence-corrected chi connectivity index (χ2v) is 3.60. The number of carbonyl (C=O) groups is 1. The Balaban J connectivity index is 2.15. The van der Waals surface area contributed by atoms with E-state index >= 15 is 0 Å². The number of nitrogens with one attached hydrogen (secondary N) is 1. The van der Waals surface area contributed by atoms with Crippen molar-refractivity contribution in [3.05, 3.63) is 23.8 Å². The van der Waals surface area contributed by atoms with Gasteiger partial charge in [-0.15, -0.1) is 0 Å². The second kappa shape index (κ2) is 5.26. The normalized spacial score (nSPS) is 14.1. The highest BCUT2D eigenvalue weighted by molar-refractivity contribution is 5.99. The highest BCUT2D eigenvalue weighted by Gasteiger charge is 2.20. The van der Waals surface area contributed by atoms with Crippen LogP contribution in [0.3, 0.4) is 0 Å². The first-order chi connectivity index (χ1) is 8.72. The monoisotopic (exact) mass is 251 g/mol. The summed E-state index contributed by atoms with van der Waals surface area (Å²) in [5.41, 5.74) is 5.63. The molecule has 0 saturated carbocycles. The largest absolute Gasteiger partial charge is 0.486 e. The standard InChI is InChI=1S/C11H13N3O4/c12-9(14-16)6-13-11(15)7-2-1-3-8-10(7)18-5-4-17-8/h1-3,16H,4-6H2,(H2,12,14)(H,13,15). The minimum atomic E-state index is -0.371. The topological polar surface area (TPSA) is 106 Å². The molecule has 1 heterocycles. The molecule has 0 bridgehead atoms. The Labute approximate surface area is 103 Å². The van der Waals surface area contributed by atoms with Gasteiger partial charge < -0.3 is 25.7 Å². The Kier molecular flexibility index (Phi) is 3.52. The summed E-state index contributed by atoms with van der Waals surface area (Å²) in [6.45, 7) is 0.819. The molecule has 2 rings (SSSR count). The van der Waals surface area contributed by atoms with Crippen molar-refractivity contribution in [2.75, 3.05) is 19.8 Å². The number of amidine groups is 1. The third-order valence-electron chi connectivity index (χ3n) is 2.37. The smallest absolute Gasteiger partial charge is 0.255 e. The molecular weight excluding hydrogens is 238 g/mol. The van der Waals surface area contributed by atoms with E-state index in [1.165, 1.54) is 0 Å². The fourth-order valence-corrected chi connectivity index (χ4v) is 1.55. The van der Waals surface area contributed by atoms with Crippen LogP contribution in [-0.2, 0) is 0 Å². The molecule has 0 radical (unpaired) electrons. The van der Waals surface area contributed by atoms with Gasteiger partial charge in [0.2, 0.25) is 0 Å². The molecule has 1 aliphatic rings. The van der Waals surface area contributed by atoms with E-state index in [0.29, 0.717) is 30.3 Å². The van der Waals surface area contributed by atoms with Gasteiger partial charge >= 0.3 is 0 Å². The Morgan fingerprint density at radius 1 is 1.44 bits per heavy atom. The molecule has 0 unspecified atom stereocenters. The number of hydrogen-bond acceptors (Lipinski definition) is 5. The Morgan fingerprint density at radius 2 is 2.22 bits per heavy atom. The molecule has 0 fully saturated rings. The second-order valence-electron chi connectivity index (χ2n) is 3.60. The maximum absolute atomic E-state index is 11.9. The zero-order valence-corrected chi connectivity index (χ0v) is 9.55. The van der Waals surface area contributed by atoms with Crippen LogP contribution in [0.4, 0.5) is 0 Å². The summed E-state index contributed by atoms with van der Waals surface area (Å²) in [6.07, 6.45) is 0. The summed E-state index contributed by atoms with van der Waals surface area (Å²) in [4.78, 5) is 11.9. The van der Waals surface area contributed by atoms with Crippen LogP contribution in [0, 0.1) is 0 Å². The van der Waals surface area contributed by atoms with Gasteiger partial charge in [-0.1, -0.05) is 11.2 Å². The third-order valence-corrected chi connectivity index (χ3v) is 2.37. The van der Waals surface area contributed by atoms with Gasteiger partial charge in [0.05, 0.1) is 12.1 Å². The van der Waals surface area contributed by atoms with E-state index in [1.807, 2.05) is 0 Å². The molecule has 0 aliphatic carbocycles. The Morgan fingerprint density at radius 3 is 3.00 bits per heavy atom. The van der Waals surface area contributed by atoms with Crippen molar-refractivity contribution in [3.8, 4) is 11.5 Å². The minimum absolute atomic E-state index is 0.0418. The molecule has 1 aromatic rings. The van der Waals surface area contributed by atoms with E-state index in [9.17, 15) is 4.79 Å². The molecule has 4 N–H and O–H groups in total. The van der Waals surface area contributed by atoms with Crippen molar-refractivity contribution in [3.63, 3.8) is 0 Å². The molecular formula is C11H13N3O4. The van der Waals surface area contributed by atoms with Crippen molar-refractivity contribution in [2.24, 2.45) is 10.9 Å². The van der Waals surface area contributed by atoms with E-state index in [0.717, 1.165) is 0 Å². The van der Waals surface area contributed by atoms with E-state index in [-0.39, 0.29) is 18.3 Å². The van der Waals surface area contributed by atoms with Crippen LogP contribution in [0.1, 0.15) is 10.4 Å². The lowest BCUT2D eigenvalue weighted by atomic mass is 10.1. The lowest BCUT2D eigenvalue weighted by Gasteiger charge is -2.20. The molecule has 7 heteroatoms. The number of fused-ring (bicyclic) bond motifs is 1. The maximum Gasteiger partial charge on any atom is 0.255 e. The number of hydrogen-bond donors (Lipinski definition) is 3. The van der Waals surface area contributed by atoms with Crippen molar-refractivity contribution >= 4 is 11.7 Å². The van der Waals surface area contributed by atoms with Gasteiger partial charge in [0.25, 0.3) is 5.91 Å². The van der Waals surface area contributed by atoms with Gasteiger partial charge in [0, 0.05) is 0 Å². The number of para-hydroxylation sites is 1. The Hall–Kier alpha value is -2.44. The number of nitrogens with zero attached hydrogens (tertiary/aromatic N) is 1. The molecule has 0 aromatic heterocycles. The molecule has 1 amide bonds. The zero-order chi connectivity index (χ0) is 13.0. The maximum atomic E-state index is 11.9. The van der Waals surface area contributed by atoms with Gasteiger partial charge in [0.1, 0.15) is 13.2 Å². The Bertz CT molecular complexity index is 487. The number of carbonyl (C=O) groups excluding carboxylic acids is 1. The van der Waals surface area contributed by atoms with Crippen molar-refractivity contribution in [2.45, 2.75) is 0 Å². The number of rotatable bonds is 3. The fraction of sp³-hybridized carbons (Fsp3) is 0.273. The molecule has 7 nitrogen and oxygen atoms in total. The highest BCUT2D eigenvalue weighted by atomic mass is 16.6. The van der Waals surface area contributed by atoms with E-state index in [4.69, 9.17) is 20.4 Å². The molecule has 1 aliphatic heterocycles. The van der Waals surface area contributed by atoms with Gasteiger partial charge in [-0.2, -0.15) is 0 Å².